The topological polar surface area (TPSA) is 72.9 Å². The molecule has 1 heterocycles. The Morgan fingerprint density at radius 3 is 2.90 bits per heavy atom. The van der Waals surface area contributed by atoms with Crippen molar-refractivity contribution in [1.82, 2.24) is 14.9 Å². The maximum Gasteiger partial charge on any atom is 0.237 e. The van der Waals surface area contributed by atoms with Crippen molar-refractivity contribution >= 4 is 16.9 Å². The van der Waals surface area contributed by atoms with E-state index >= 15 is 0 Å². The number of nitrogens with one attached hydrogen (secondary N) is 1. The van der Waals surface area contributed by atoms with Gasteiger partial charge in [0.2, 0.25) is 5.91 Å². The van der Waals surface area contributed by atoms with Crippen LogP contribution < -0.4 is 11.1 Å². The first-order valence-corrected chi connectivity index (χ1v) is 7.00. The fourth-order valence-electron chi connectivity index (χ4n) is 3.44. The van der Waals surface area contributed by atoms with Gasteiger partial charge in [0.05, 0.1) is 16.6 Å². The second-order valence-corrected chi connectivity index (χ2v) is 5.61. The Balaban J connectivity index is 2.01. The highest BCUT2D eigenvalue weighted by Crippen LogP contribution is 2.39. The van der Waals surface area contributed by atoms with Gasteiger partial charge in [0.25, 0.3) is 0 Å². The van der Waals surface area contributed by atoms with Gasteiger partial charge in [-0.15, -0.1) is 0 Å². The quantitative estimate of drug-likeness (QED) is 0.889. The number of nitrogens with zero attached hydrogens (tertiary/aromatic N) is 2. The number of carbonyl (C=O) groups is 1. The molecule has 0 aliphatic heterocycles. The summed E-state index contributed by atoms with van der Waals surface area (Å²) in [6, 6.07) is 8.39. The molecule has 2 aromatic rings. The number of aryl methyl sites for hydroxylation is 1. The Morgan fingerprint density at radius 1 is 1.50 bits per heavy atom. The summed E-state index contributed by atoms with van der Waals surface area (Å²) >= 11 is 0. The van der Waals surface area contributed by atoms with Crippen molar-refractivity contribution < 1.29 is 4.79 Å². The maximum atomic E-state index is 11.8. The fraction of sp³-hybridized carbons (Fsp3) is 0.467. The number of fused-ring (bicyclic) bond motifs is 1. The summed E-state index contributed by atoms with van der Waals surface area (Å²) in [5.41, 5.74) is 7.14. The van der Waals surface area contributed by atoms with Crippen LogP contribution in [0, 0.1) is 6.92 Å². The van der Waals surface area contributed by atoms with E-state index in [0.29, 0.717) is 0 Å². The molecule has 3 N–H and O–H groups in total. The number of rotatable bonds is 3. The van der Waals surface area contributed by atoms with Gasteiger partial charge < -0.3 is 15.6 Å². The maximum absolute atomic E-state index is 11.8. The third kappa shape index (κ3) is 1.81. The van der Waals surface area contributed by atoms with Crippen molar-refractivity contribution in [1.29, 1.82) is 0 Å². The molecule has 2 atom stereocenters. The van der Waals surface area contributed by atoms with E-state index in [1.165, 1.54) is 0 Å². The van der Waals surface area contributed by atoms with Crippen LogP contribution in [0.25, 0.3) is 11.0 Å². The van der Waals surface area contributed by atoms with E-state index in [2.05, 4.69) is 20.9 Å². The third-order valence-corrected chi connectivity index (χ3v) is 4.58. The largest absolute Gasteiger partial charge is 0.368 e. The van der Waals surface area contributed by atoms with Crippen molar-refractivity contribution in [2.24, 2.45) is 5.73 Å². The van der Waals surface area contributed by atoms with Crippen LogP contribution in [0.3, 0.4) is 0 Å². The molecule has 0 bridgehead atoms. The Hall–Kier alpha value is -1.88. The molecule has 1 aromatic carbocycles. The molecule has 20 heavy (non-hydrogen) atoms. The van der Waals surface area contributed by atoms with Crippen molar-refractivity contribution in [3.8, 4) is 0 Å². The first kappa shape index (κ1) is 13.1. The molecule has 1 aliphatic rings. The van der Waals surface area contributed by atoms with E-state index in [0.717, 1.165) is 36.1 Å². The van der Waals surface area contributed by atoms with Crippen LogP contribution in [0.4, 0.5) is 0 Å². The average molecular weight is 272 g/mol. The molecule has 0 saturated heterocycles. The Morgan fingerprint density at radius 2 is 2.25 bits per heavy atom. The standard InChI is InChI=1S/C15H20N4O/c1-10-18-12-5-3-4-6-13(12)19(10)11-7-8-15(9-11,17-2)14(16)20/h3-6,11,17H,7-9H2,1-2H3,(H2,16,20). The lowest BCUT2D eigenvalue weighted by Crippen LogP contribution is -2.52. The number of likely N-dealkylation sites (N-methyl/N-ethyl adjacent to an activating group) is 1. The van der Waals surface area contributed by atoms with Gasteiger partial charge in [0.15, 0.2) is 0 Å². The molecular weight excluding hydrogens is 252 g/mol. The minimum atomic E-state index is -0.581. The summed E-state index contributed by atoms with van der Waals surface area (Å²) in [7, 11) is 1.81. The molecule has 2 unspecified atom stereocenters. The monoisotopic (exact) mass is 272 g/mol. The van der Waals surface area contributed by atoms with E-state index in [-0.39, 0.29) is 11.9 Å². The lowest BCUT2D eigenvalue weighted by molar-refractivity contribution is -0.124. The summed E-state index contributed by atoms with van der Waals surface area (Å²) < 4.78 is 2.25. The SMILES string of the molecule is CNC1(C(N)=O)CCC(n2c(C)nc3ccccc32)C1. The van der Waals surface area contributed by atoms with E-state index in [1.54, 1.807) is 0 Å². The average Bonchev–Trinajstić information content (AvgIpc) is 2.99. The normalized spacial score (nSPS) is 26.2. The molecule has 1 amide bonds. The van der Waals surface area contributed by atoms with E-state index < -0.39 is 5.54 Å². The molecule has 0 spiro atoms. The number of carbonyl (C=O) groups excluding carboxylic acids is 1. The molecule has 1 aromatic heterocycles. The molecule has 1 aliphatic carbocycles. The van der Waals surface area contributed by atoms with E-state index in [1.807, 2.05) is 32.2 Å². The van der Waals surface area contributed by atoms with Crippen LogP contribution in [0.15, 0.2) is 24.3 Å². The van der Waals surface area contributed by atoms with Crippen molar-refractivity contribution in [3.05, 3.63) is 30.1 Å². The van der Waals surface area contributed by atoms with Crippen LogP contribution >= 0.6 is 0 Å². The van der Waals surface area contributed by atoms with Gasteiger partial charge in [-0.3, -0.25) is 4.79 Å². The lowest BCUT2D eigenvalue weighted by atomic mass is 9.97. The minimum Gasteiger partial charge on any atom is -0.368 e. The number of amides is 1. The molecule has 3 rings (SSSR count). The van der Waals surface area contributed by atoms with Crippen molar-refractivity contribution in [3.63, 3.8) is 0 Å². The van der Waals surface area contributed by atoms with E-state index in [9.17, 15) is 4.79 Å². The van der Waals surface area contributed by atoms with Gasteiger partial charge in [0.1, 0.15) is 5.82 Å². The summed E-state index contributed by atoms with van der Waals surface area (Å²) in [6.45, 7) is 2.02. The van der Waals surface area contributed by atoms with Gasteiger partial charge in [0, 0.05) is 6.04 Å². The summed E-state index contributed by atoms with van der Waals surface area (Å²) in [6.07, 6.45) is 2.43. The van der Waals surface area contributed by atoms with Gasteiger partial charge in [-0.1, -0.05) is 12.1 Å². The number of nitrogens with two attached hydrogens (primary N) is 1. The summed E-state index contributed by atoms with van der Waals surface area (Å²) in [5, 5.41) is 3.13. The van der Waals surface area contributed by atoms with Gasteiger partial charge in [-0.05, 0) is 45.4 Å². The highest BCUT2D eigenvalue weighted by molar-refractivity contribution is 5.85. The first-order chi connectivity index (χ1) is 9.57. The smallest absolute Gasteiger partial charge is 0.237 e. The second-order valence-electron chi connectivity index (χ2n) is 5.61. The van der Waals surface area contributed by atoms with E-state index in [4.69, 9.17) is 5.73 Å². The minimum absolute atomic E-state index is 0.260. The highest BCUT2D eigenvalue weighted by atomic mass is 16.1. The number of benzene rings is 1. The molecule has 1 saturated carbocycles. The predicted octanol–water partition coefficient (Wildman–Crippen LogP) is 1.51. The zero-order chi connectivity index (χ0) is 14.3. The summed E-state index contributed by atoms with van der Waals surface area (Å²) in [5.74, 6) is 0.733. The Bertz CT molecular complexity index is 663. The third-order valence-electron chi connectivity index (χ3n) is 4.58. The Labute approximate surface area is 118 Å². The fourth-order valence-corrected chi connectivity index (χ4v) is 3.44. The molecule has 0 radical (unpaired) electrons. The molecule has 5 heteroatoms. The number of aromatic nitrogens is 2. The van der Waals surface area contributed by atoms with Crippen molar-refractivity contribution in [2.75, 3.05) is 7.05 Å². The van der Waals surface area contributed by atoms with Crippen LogP contribution in [-0.4, -0.2) is 28.0 Å². The zero-order valence-electron chi connectivity index (χ0n) is 11.9. The number of hydrogen-bond acceptors (Lipinski definition) is 3. The lowest BCUT2D eigenvalue weighted by Gasteiger charge is -2.25. The number of primary amides is 1. The number of para-hydroxylation sites is 2. The van der Waals surface area contributed by atoms with Crippen LogP contribution in [0.5, 0.6) is 0 Å². The van der Waals surface area contributed by atoms with Crippen LogP contribution in [-0.2, 0) is 4.79 Å². The molecule has 106 valence electrons. The molecule has 5 nitrogen and oxygen atoms in total. The predicted molar refractivity (Wildman–Crippen MR) is 78.3 cm³/mol. The zero-order valence-corrected chi connectivity index (χ0v) is 11.9. The molecule has 1 fully saturated rings. The molecular formula is C15H20N4O. The number of hydrogen-bond donors (Lipinski definition) is 2. The number of imidazole rings is 1. The first-order valence-electron chi connectivity index (χ1n) is 7.00. The van der Waals surface area contributed by atoms with Crippen LogP contribution in [0.2, 0.25) is 0 Å². The van der Waals surface area contributed by atoms with Crippen LogP contribution in [0.1, 0.15) is 31.1 Å². The summed E-state index contributed by atoms with van der Waals surface area (Å²) in [4.78, 5) is 16.4. The highest BCUT2D eigenvalue weighted by Gasteiger charge is 2.43. The van der Waals surface area contributed by atoms with Gasteiger partial charge in [-0.25, -0.2) is 4.98 Å². The van der Waals surface area contributed by atoms with Gasteiger partial charge >= 0.3 is 0 Å². The Kier molecular flexibility index (Phi) is 3.01. The second kappa shape index (κ2) is 4.59. The van der Waals surface area contributed by atoms with Gasteiger partial charge in [-0.2, -0.15) is 0 Å². The van der Waals surface area contributed by atoms with Crippen molar-refractivity contribution in [2.45, 2.75) is 37.8 Å².